The normalized spacial score (nSPS) is 13.2. The van der Waals surface area contributed by atoms with Gasteiger partial charge in [0.1, 0.15) is 0 Å². The Hall–Kier alpha value is -2.28. The van der Waals surface area contributed by atoms with E-state index in [-0.39, 0.29) is 11.1 Å². The van der Waals surface area contributed by atoms with Gasteiger partial charge >= 0.3 is 5.97 Å². The Morgan fingerprint density at radius 3 is 2.39 bits per heavy atom. The third-order valence-electron chi connectivity index (χ3n) is 2.82. The highest BCUT2D eigenvalue weighted by atomic mass is 16.4. The number of carboxylic acid groups (broad SMARTS) is 1. The Bertz CT molecular complexity index is 516. The summed E-state index contributed by atoms with van der Waals surface area (Å²) in [6.45, 7) is 3.57. The number of carbonyl (C=O) groups excluding carboxylic acids is 1. The largest absolute Gasteiger partial charge is 0.478 e. The second-order valence-corrected chi connectivity index (χ2v) is 4.13. The second-order valence-electron chi connectivity index (χ2n) is 4.13. The summed E-state index contributed by atoms with van der Waals surface area (Å²) in [6, 6.07) is 6.03. The molecule has 0 spiro atoms. The first-order chi connectivity index (χ1) is 8.43. The van der Waals surface area contributed by atoms with Crippen molar-refractivity contribution in [1.29, 1.82) is 0 Å². The summed E-state index contributed by atoms with van der Waals surface area (Å²) in [5, 5.41) is 11.7. The van der Waals surface area contributed by atoms with E-state index in [0.717, 1.165) is 0 Å². The van der Waals surface area contributed by atoms with Crippen LogP contribution < -0.4 is 5.32 Å². The van der Waals surface area contributed by atoms with Crippen molar-refractivity contribution >= 4 is 11.9 Å². The standard InChI is InChI=1S/C14H15NO3/c1-4-14(3,5-2)15-12(16)10-8-6-7-9-11(10)13(17)18/h1,6-9H,5H2,2-3H3,(H,15,16)(H,17,18)/t14-/m0/s1. The number of hydrogen-bond donors (Lipinski definition) is 2. The average molecular weight is 245 g/mol. The molecule has 0 fully saturated rings. The zero-order valence-electron chi connectivity index (χ0n) is 10.4. The maximum absolute atomic E-state index is 12.0. The molecule has 0 aliphatic carbocycles. The van der Waals surface area contributed by atoms with E-state index in [2.05, 4.69) is 11.2 Å². The molecule has 4 heteroatoms. The first kappa shape index (κ1) is 13.8. The van der Waals surface area contributed by atoms with Gasteiger partial charge in [0.25, 0.3) is 5.91 Å². The molecular weight excluding hydrogens is 230 g/mol. The number of aromatic carboxylic acids is 1. The smallest absolute Gasteiger partial charge is 0.336 e. The SMILES string of the molecule is C#C[C@@](C)(CC)NC(=O)c1ccccc1C(=O)O. The van der Waals surface area contributed by atoms with Crippen LogP contribution >= 0.6 is 0 Å². The highest BCUT2D eigenvalue weighted by Crippen LogP contribution is 2.13. The fraction of sp³-hybridized carbons (Fsp3) is 0.286. The monoisotopic (exact) mass is 245 g/mol. The van der Waals surface area contributed by atoms with Gasteiger partial charge in [0, 0.05) is 0 Å². The zero-order chi connectivity index (χ0) is 13.8. The van der Waals surface area contributed by atoms with Crippen molar-refractivity contribution in [2.75, 3.05) is 0 Å². The lowest BCUT2D eigenvalue weighted by molar-refractivity contribution is 0.0690. The minimum absolute atomic E-state index is 0.0366. The number of amides is 1. The van der Waals surface area contributed by atoms with Crippen molar-refractivity contribution < 1.29 is 14.7 Å². The van der Waals surface area contributed by atoms with E-state index in [9.17, 15) is 9.59 Å². The van der Waals surface area contributed by atoms with Gasteiger partial charge < -0.3 is 10.4 Å². The molecule has 1 aromatic carbocycles. The molecule has 94 valence electrons. The van der Waals surface area contributed by atoms with E-state index in [4.69, 9.17) is 11.5 Å². The number of terminal acetylenes is 1. The minimum Gasteiger partial charge on any atom is -0.478 e. The second kappa shape index (κ2) is 5.37. The Morgan fingerprint density at radius 2 is 1.94 bits per heavy atom. The van der Waals surface area contributed by atoms with Crippen LogP contribution in [-0.4, -0.2) is 22.5 Å². The fourth-order valence-electron chi connectivity index (χ4n) is 1.41. The molecule has 0 bridgehead atoms. The Kier molecular flexibility index (Phi) is 4.11. The molecule has 0 unspecified atom stereocenters. The van der Waals surface area contributed by atoms with Crippen molar-refractivity contribution in [1.82, 2.24) is 5.32 Å². The molecule has 0 aliphatic rings. The molecule has 0 radical (unpaired) electrons. The first-order valence-corrected chi connectivity index (χ1v) is 5.56. The predicted molar refractivity (Wildman–Crippen MR) is 68.4 cm³/mol. The molecule has 0 saturated heterocycles. The topological polar surface area (TPSA) is 66.4 Å². The van der Waals surface area contributed by atoms with Gasteiger partial charge in [-0.25, -0.2) is 4.79 Å². The van der Waals surface area contributed by atoms with Gasteiger partial charge in [-0.1, -0.05) is 25.0 Å². The molecule has 1 aromatic rings. The van der Waals surface area contributed by atoms with E-state index in [1.807, 2.05) is 6.92 Å². The molecule has 1 atom stereocenters. The minimum atomic E-state index is -1.14. The van der Waals surface area contributed by atoms with Gasteiger partial charge in [-0.3, -0.25) is 4.79 Å². The van der Waals surface area contributed by atoms with Crippen LogP contribution in [0.25, 0.3) is 0 Å². The summed E-state index contributed by atoms with van der Waals surface area (Å²) in [6.07, 6.45) is 5.92. The average Bonchev–Trinajstić information content (AvgIpc) is 2.38. The third kappa shape index (κ3) is 2.89. The lowest BCUT2D eigenvalue weighted by Gasteiger charge is -2.23. The molecule has 4 nitrogen and oxygen atoms in total. The molecule has 0 saturated carbocycles. The van der Waals surface area contributed by atoms with Crippen LogP contribution in [0.1, 0.15) is 41.0 Å². The molecular formula is C14H15NO3. The summed E-state index contributed by atoms with van der Waals surface area (Å²) in [4.78, 5) is 23.0. The molecule has 0 heterocycles. The maximum Gasteiger partial charge on any atom is 0.336 e. The van der Waals surface area contributed by atoms with Crippen LogP contribution in [0.5, 0.6) is 0 Å². The van der Waals surface area contributed by atoms with Crippen LogP contribution in [0.3, 0.4) is 0 Å². The predicted octanol–water partition coefficient (Wildman–Crippen LogP) is 1.92. The van der Waals surface area contributed by atoms with Crippen LogP contribution in [-0.2, 0) is 0 Å². The van der Waals surface area contributed by atoms with Crippen molar-refractivity contribution in [3.8, 4) is 12.3 Å². The number of nitrogens with one attached hydrogen (secondary N) is 1. The lowest BCUT2D eigenvalue weighted by atomic mass is 9.98. The number of rotatable bonds is 4. The summed E-state index contributed by atoms with van der Waals surface area (Å²) < 4.78 is 0. The Morgan fingerprint density at radius 1 is 1.39 bits per heavy atom. The summed E-state index contributed by atoms with van der Waals surface area (Å²) in [7, 11) is 0. The van der Waals surface area contributed by atoms with Gasteiger partial charge in [-0.15, -0.1) is 6.42 Å². The van der Waals surface area contributed by atoms with Gasteiger partial charge in [0.05, 0.1) is 16.7 Å². The molecule has 0 aliphatic heterocycles. The number of carbonyl (C=O) groups is 2. The lowest BCUT2D eigenvalue weighted by Crippen LogP contribution is -2.44. The van der Waals surface area contributed by atoms with Crippen LogP contribution in [0, 0.1) is 12.3 Å². The van der Waals surface area contributed by atoms with E-state index in [0.29, 0.717) is 6.42 Å². The summed E-state index contributed by atoms with van der Waals surface area (Å²) in [5.74, 6) is 0.882. The van der Waals surface area contributed by atoms with Gasteiger partial charge in [0.2, 0.25) is 0 Å². The quantitative estimate of drug-likeness (QED) is 0.796. The molecule has 1 rings (SSSR count). The van der Waals surface area contributed by atoms with Crippen molar-refractivity contribution in [3.05, 3.63) is 35.4 Å². The van der Waals surface area contributed by atoms with Crippen molar-refractivity contribution in [2.45, 2.75) is 25.8 Å². The van der Waals surface area contributed by atoms with E-state index < -0.39 is 17.4 Å². The Balaban J connectivity index is 3.06. The molecule has 0 aromatic heterocycles. The Labute approximate surface area is 106 Å². The first-order valence-electron chi connectivity index (χ1n) is 5.56. The van der Waals surface area contributed by atoms with E-state index >= 15 is 0 Å². The van der Waals surface area contributed by atoms with Crippen LogP contribution in [0.4, 0.5) is 0 Å². The summed E-state index contributed by atoms with van der Waals surface area (Å²) in [5.41, 5.74) is -0.701. The highest BCUT2D eigenvalue weighted by molar-refractivity contribution is 6.05. The number of hydrogen-bond acceptors (Lipinski definition) is 2. The van der Waals surface area contributed by atoms with E-state index in [1.54, 1.807) is 19.1 Å². The number of carboxylic acids is 1. The van der Waals surface area contributed by atoms with Gasteiger partial charge in [-0.2, -0.15) is 0 Å². The number of benzene rings is 1. The van der Waals surface area contributed by atoms with Gasteiger partial charge in [0.15, 0.2) is 0 Å². The fourth-order valence-corrected chi connectivity index (χ4v) is 1.41. The van der Waals surface area contributed by atoms with Gasteiger partial charge in [-0.05, 0) is 25.5 Å². The molecule has 2 N–H and O–H groups in total. The van der Waals surface area contributed by atoms with Crippen molar-refractivity contribution in [2.24, 2.45) is 0 Å². The highest BCUT2D eigenvalue weighted by Gasteiger charge is 2.24. The van der Waals surface area contributed by atoms with Crippen molar-refractivity contribution in [3.63, 3.8) is 0 Å². The zero-order valence-corrected chi connectivity index (χ0v) is 10.4. The summed E-state index contributed by atoms with van der Waals surface area (Å²) >= 11 is 0. The van der Waals surface area contributed by atoms with E-state index in [1.165, 1.54) is 12.1 Å². The maximum atomic E-state index is 12.0. The van der Waals surface area contributed by atoms with Crippen LogP contribution in [0.15, 0.2) is 24.3 Å². The van der Waals surface area contributed by atoms with Crippen LogP contribution in [0.2, 0.25) is 0 Å². The molecule has 18 heavy (non-hydrogen) atoms. The molecule has 1 amide bonds. The third-order valence-corrected chi connectivity index (χ3v) is 2.82.